The number of nitrogens with one attached hydrogen (secondary N) is 1. The zero-order valence-corrected chi connectivity index (χ0v) is 19.3. The van der Waals surface area contributed by atoms with E-state index in [1.807, 2.05) is 0 Å². The first-order chi connectivity index (χ1) is 16.4. The molecule has 1 aliphatic rings. The number of halogens is 1. The van der Waals surface area contributed by atoms with Crippen molar-refractivity contribution in [1.82, 2.24) is 4.90 Å². The lowest BCUT2D eigenvalue weighted by Gasteiger charge is -2.31. The number of carbonyl (C=O) groups excluding carboxylic acids is 3. The van der Waals surface area contributed by atoms with E-state index in [0.717, 1.165) is 25.7 Å². The summed E-state index contributed by atoms with van der Waals surface area (Å²) in [6.07, 6.45) is 5.33. The molecule has 0 bridgehead atoms. The number of anilines is 1. The molecular formula is C25H29FN2O6. The SMILES string of the molecule is COc1cc(C(=O)OCC(=O)N(C)C2CCCCC2)ccc1OCC(=O)Nc1ccc(F)cc1. The normalized spacial score (nSPS) is 13.6. The predicted octanol–water partition coefficient (Wildman–Crippen LogP) is 3.80. The fourth-order valence-corrected chi connectivity index (χ4v) is 3.77. The Balaban J connectivity index is 1.51. The molecule has 0 aromatic heterocycles. The van der Waals surface area contributed by atoms with Crippen LogP contribution in [0.3, 0.4) is 0 Å². The minimum Gasteiger partial charge on any atom is -0.493 e. The Labute approximate surface area is 198 Å². The van der Waals surface area contributed by atoms with Crippen LogP contribution in [0, 0.1) is 5.82 Å². The molecule has 2 aromatic rings. The largest absolute Gasteiger partial charge is 0.493 e. The highest BCUT2D eigenvalue weighted by Crippen LogP contribution is 2.28. The van der Waals surface area contributed by atoms with Gasteiger partial charge in [-0.1, -0.05) is 19.3 Å². The number of benzene rings is 2. The van der Waals surface area contributed by atoms with E-state index in [4.69, 9.17) is 14.2 Å². The van der Waals surface area contributed by atoms with Gasteiger partial charge in [-0.3, -0.25) is 9.59 Å². The summed E-state index contributed by atoms with van der Waals surface area (Å²) in [7, 11) is 3.14. The van der Waals surface area contributed by atoms with Crippen molar-refractivity contribution in [2.45, 2.75) is 38.1 Å². The fourth-order valence-electron chi connectivity index (χ4n) is 3.77. The van der Waals surface area contributed by atoms with E-state index in [-0.39, 0.29) is 42.2 Å². The summed E-state index contributed by atoms with van der Waals surface area (Å²) >= 11 is 0. The number of hydrogen-bond acceptors (Lipinski definition) is 6. The lowest BCUT2D eigenvalue weighted by Crippen LogP contribution is -2.40. The summed E-state index contributed by atoms with van der Waals surface area (Å²) in [6.45, 7) is -0.657. The number of likely N-dealkylation sites (N-methyl/N-ethyl adjacent to an activating group) is 1. The Morgan fingerprint density at radius 3 is 2.38 bits per heavy atom. The van der Waals surface area contributed by atoms with E-state index in [9.17, 15) is 18.8 Å². The molecule has 1 aliphatic carbocycles. The highest BCUT2D eigenvalue weighted by Gasteiger charge is 2.23. The first-order valence-corrected chi connectivity index (χ1v) is 11.2. The van der Waals surface area contributed by atoms with Gasteiger partial charge in [0.15, 0.2) is 24.7 Å². The van der Waals surface area contributed by atoms with Crippen molar-refractivity contribution in [2.24, 2.45) is 0 Å². The highest BCUT2D eigenvalue weighted by atomic mass is 19.1. The van der Waals surface area contributed by atoms with Crippen molar-refractivity contribution >= 4 is 23.5 Å². The topological polar surface area (TPSA) is 94.2 Å². The second-order valence-corrected chi connectivity index (χ2v) is 8.08. The maximum atomic E-state index is 13.0. The number of carbonyl (C=O) groups is 3. The molecular weight excluding hydrogens is 443 g/mol. The molecule has 8 nitrogen and oxygen atoms in total. The molecule has 0 heterocycles. The second-order valence-electron chi connectivity index (χ2n) is 8.08. The fraction of sp³-hybridized carbons (Fsp3) is 0.400. The van der Waals surface area contributed by atoms with Gasteiger partial charge in [-0.25, -0.2) is 9.18 Å². The average Bonchev–Trinajstić information content (AvgIpc) is 2.87. The maximum Gasteiger partial charge on any atom is 0.338 e. The molecule has 1 N–H and O–H groups in total. The summed E-state index contributed by atoms with van der Waals surface area (Å²) in [5.41, 5.74) is 0.622. The number of amides is 2. The van der Waals surface area contributed by atoms with Gasteiger partial charge in [0.1, 0.15) is 5.82 Å². The molecule has 0 radical (unpaired) electrons. The van der Waals surface area contributed by atoms with E-state index in [2.05, 4.69) is 5.32 Å². The Bertz CT molecular complexity index is 1000. The molecule has 0 unspecified atom stereocenters. The van der Waals surface area contributed by atoms with Gasteiger partial charge in [0, 0.05) is 18.8 Å². The summed E-state index contributed by atoms with van der Waals surface area (Å²) in [6, 6.07) is 9.90. The zero-order valence-electron chi connectivity index (χ0n) is 19.3. The van der Waals surface area contributed by atoms with Crippen molar-refractivity contribution < 1.29 is 33.0 Å². The standard InChI is InChI=1S/C25H29FN2O6/c1-28(20-6-4-3-5-7-20)24(30)16-34-25(31)17-8-13-21(22(14-17)32-2)33-15-23(29)27-19-11-9-18(26)10-12-19/h8-14,20H,3-7,15-16H2,1-2H3,(H,27,29). The first-order valence-electron chi connectivity index (χ1n) is 11.2. The van der Waals surface area contributed by atoms with Gasteiger partial charge in [0.05, 0.1) is 12.7 Å². The minimum absolute atomic E-state index is 0.188. The van der Waals surface area contributed by atoms with Gasteiger partial charge >= 0.3 is 5.97 Å². The van der Waals surface area contributed by atoms with E-state index in [1.54, 1.807) is 11.9 Å². The minimum atomic E-state index is -0.663. The third-order valence-electron chi connectivity index (χ3n) is 5.73. The van der Waals surface area contributed by atoms with Crippen molar-refractivity contribution in [3.8, 4) is 11.5 Å². The monoisotopic (exact) mass is 472 g/mol. The summed E-state index contributed by atoms with van der Waals surface area (Å²) in [5.74, 6) is -1.27. The van der Waals surface area contributed by atoms with Crippen LogP contribution in [0.15, 0.2) is 42.5 Å². The van der Waals surface area contributed by atoms with E-state index in [1.165, 1.54) is 56.0 Å². The molecule has 182 valence electrons. The smallest absolute Gasteiger partial charge is 0.338 e. The van der Waals surface area contributed by atoms with Crippen LogP contribution in [-0.4, -0.2) is 56.1 Å². The van der Waals surface area contributed by atoms with Crippen LogP contribution in [0.4, 0.5) is 10.1 Å². The number of ether oxygens (including phenoxy) is 3. The van der Waals surface area contributed by atoms with E-state index in [0.29, 0.717) is 5.69 Å². The molecule has 2 aromatic carbocycles. The van der Waals surface area contributed by atoms with Crippen LogP contribution in [0.25, 0.3) is 0 Å². The van der Waals surface area contributed by atoms with Gasteiger partial charge in [-0.2, -0.15) is 0 Å². The molecule has 1 fully saturated rings. The summed E-state index contributed by atoms with van der Waals surface area (Å²) < 4.78 is 28.9. The van der Waals surface area contributed by atoms with Crippen LogP contribution in [-0.2, 0) is 14.3 Å². The Hall–Kier alpha value is -3.62. The molecule has 0 saturated heterocycles. The van der Waals surface area contributed by atoms with Crippen LogP contribution in [0.5, 0.6) is 11.5 Å². The quantitative estimate of drug-likeness (QED) is 0.558. The zero-order chi connectivity index (χ0) is 24.5. The Morgan fingerprint density at radius 1 is 1.00 bits per heavy atom. The van der Waals surface area contributed by atoms with Crippen molar-refractivity contribution in [1.29, 1.82) is 0 Å². The lowest BCUT2D eigenvalue weighted by molar-refractivity contribution is -0.135. The first kappa shape index (κ1) is 25.0. The molecule has 3 rings (SSSR count). The van der Waals surface area contributed by atoms with Gasteiger partial charge < -0.3 is 24.4 Å². The molecule has 0 spiro atoms. The predicted molar refractivity (Wildman–Crippen MR) is 123 cm³/mol. The summed E-state index contributed by atoms with van der Waals surface area (Å²) in [5, 5.41) is 2.58. The summed E-state index contributed by atoms with van der Waals surface area (Å²) in [4.78, 5) is 38.6. The number of rotatable bonds is 9. The second kappa shape index (κ2) is 12.0. The number of methoxy groups -OCH3 is 1. The van der Waals surface area contributed by atoms with Gasteiger partial charge in [0.25, 0.3) is 11.8 Å². The third kappa shape index (κ3) is 6.94. The Kier molecular flexibility index (Phi) is 8.84. The van der Waals surface area contributed by atoms with Gasteiger partial charge in [-0.15, -0.1) is 0 Å². The van der Waals surface area contributed by atoms with Crippen molar-refractivity contribution in [2.75, 3.05) is 32.7 Å². The molecule has 1 saturated carbocycles. The number of nitrogens with zero attached hydrogens (tertiary/aromatic N) is 1. The molecule has 0 aliphatic heterocycles. The molecule has 0 atom stereocenters. The van der Waals surface area contributed by atoms with Crippen LogP contribution in [0.1, 0.15) is 42.5 Å². The van der Waals surface area contributed by atoms with Crippen molar-refractivity contribution in [3.63, 3.8) is 0 Å². The van der Waals surface area contributed by atoms with Crippen molar-refractivity contribution in [3.05, 3.63) is 53.8 Å². The Morgan fingerprint density at radius 2 is 1.71 bits per heavy atom. The van der Waals surface area contributed by atoms with Crippen LogP contribution in [0.2, 0.25) is 0 Å². The highest BCUT2D eigenvalue weighted by molar-refractivity contribution is 5.93. The maximum absolute atomic E-state index is 13.0. The van der Waals surface area contributed by atoms with Crippen LogP contribution < -0.4 is 14.8 Å². The van der Waals surface area contributed by atoms with E-state index < -0.39 is 17.7 Å². The third-order valence-corrected chi connectivity index (χ3v) is 5.73. The van der Waals surface area contributed by atoms with Gasteiger partial charge in [-0.05, 0) is 55.3 Å². The lowest BCUT2D eigenvalue weighted by atomic mass is 9.94. The average molecular weight is 473 g/mol. The van der Waals surface area contributed by atoms with E-state index >= 15 is 0 Å². The molecule has 34 heavy (non-hydrogen) atoms. The number of hydrogen-bond donors (Lipinski definition) is 1. The van der Waals surface area contributed by atoms with Crippen LogP contribution >= 0.6 is 0 Å². The van der Waals surface area contributed by atoms with Gasteiger partial charge in [0.2, 0.25) is 0 Å². The molecule has 2 amide bonds. The number of esters is 1. The molecule has 9 heteroatoms.